The van der Waals surface area contributed by atoms with Gasteiger partial charge < -0.3 is 5.32 Å². The van der Waals surface area contributed by atoms with E-state index in [1.807, 2.05) is 0 Å². The van der Waals surface area contributed by atoms with Crippen molar-refractivity contribution < 1.29 is 9.18 Å². The molecule has 0 saturated heterocycles. The lowest BCUT2D eigenvalue weighted by atomic mass is 10.2. The Hall–Kier alpha value is -0.810. The summed E-state index contributed by atoms with van der Waals surface area (Å²) in [6, 6.07) is 6.78. The minimum Gasteiger partial charge on any atom is -0.320 e. The second kappa shape index (κ2) is 6.31. The summed E-state index contributed by atoms with van der Waals surface area (Å²) < 4.78 is 13.5. The Morgan fingerprint density at radius 3 is 2.35 bits per heavy atom. The lowest BCUT2D eigenvalue weighted by Crippen LogP contribution is -2.12. The number of anilines is 1. The molecule has 2 rings (SSSR count). The Bertz CT molecular complexity index is 670. The van der Waals surface area contributed by atoms with Crippen molar-refractivity contribution in [1.82, 2.24) is 0 Å². The number of benzene rings is 2. The van der Waals surface area contributed by atoms with E-state index < -0.39 is 11.7 Å². The first kappa shape index (κ1) is 15.6. The molecular weight excluding hydrogens is 391 g/mol. The molecule has 0 heterocycles. The van der Waals surface area contributed by atoms with Crippen molar-refractivity contribution in [2.75, 3.05) is 5.32 Å². The third-order valence-electron chi connectivity index (χ3n) is 2.43. The molecule has 0 saturated carbocycles. The zero-order valence-electron chi connectivity index (χ0n) is 9.68. The van der Waals surface area contributed by atoms with Gasteiger partial charge in [0, 0.05) is 10.0 Å². The van der Waals surface area contributed by atoms with Gasteiger partial charge in [0.25, 0.3) is 5.91 Å². The van der Waals surface area contributed by atoms with Crippen LogP contribution in [-0.2, 0) is 0 Å². The summed E-state index contributed by atoms with van der Waals surface area (Å²) in [6.45, 7) is 0. The molecule has 0 unspecified atom stereocenters. The Morgan fingerprint density at radius 2 is 1.75 bits per heavy atom. The van der Waals surface area contributed by atoms with Gasteiger partial charge in [-0.2, -0.15) is 0 Å². The average molecular weight is 397 g/mol. The maximum absolute atomic E-state index is 13.1. The molecule has 0 fully saturated rings. The van der Waals surface area contributed by atoms with Crippen LogP contribution in [0.2, 0.25) is 15.1 Å². The summed E-state index contributed by atoms with van der Waals surface area (Å²) in [5, 5.41) is 3.29. The van der Waals surface area contributed by atoms with Crippen molar-refractivity contribution in [3.63, 3.8) is 0 Å². The highest BCUT2D eigenvalue weighted by Gasteiger charge is 2.13. The molecule has 2 aromatic carbocycles. The smallest absolute Gasteiger partial charge is 0.255 e. The van der Waals surface area contributed by atoms with Crippen LogP contribution < -0.4 is 5.32 Å². The summed E-state index contributed by atoms with van der Waals surface area (Å²) in [5.41, 5.74) is 0.593. The molecule has 0 bridgehead atoms. The van der Waals surface area contributed by atoms with E-state index in [1.165, 1.54) is 24.3 Å². The normalized spacial score (nSPS) is 10.4. The van der Waals surface area contributed by atoms with Crippen LogP contribution in [0.4, 0.5) is 10.1 Å². The molecule has 0 aliphatic rings. The molecule has 0 spiro atoms. The Morgan fingerprint density at radius 1 is 1.05 bits per heavy atom. The molecule has 0 radical (unpaired) electrons. The van der Waals surface area contributed by atoms with E-state index >= 15 is 0 Å². The molecular formula is C13H6BrCl3FNO. The third-order valence-corrected chi connectivity index (χ3v) is 4.09. The zero-order chi connectivity index (χ0) is 14.9. The second-order valence-corrected chi connectivity index (χ2v) is 5.90. The standard InChI is InChI=1S/C13H6BrCl3FNO/c14-8-4-7(18)5-11(17)12(8)19-13(20)6-1-2-9(15)10(16)3-6/h1-5H,(H,19,20). The molecule has 0 aliphatic heterocycles. The van der Waals surface area contributed by atoms with Gasteiger partial charge in [-0.25, -0.2) is 4.39 Å². The van der Waals surface area contributed by atoms with Gasteiger partial charge in [0.2, 0.25) is 0 Å². The van der Waals surface area contributed by atoms with Gasteiger partial charge >= 0.3 is 0 Å². The molecule has 104 valence electrons. The number of hydrogen-bond donors (Lipinski definition) is 1. The van der Waals surface area contributed by atoms with Crippen molar-refractivity contribution in [1.29, 1.82) is 0 Å². The van der Waals surface area contributed by atoms with Crippen LogP contribution >= 0.6 is 50.7 Å². The minimum absolute atomic E-state index is 0.0882. The summed E-state index contributed by atoms with van der Waals surface area (Å²) in [6.07, 6.45) is 0. The van der Waals surface area contributed by atoms with Crippen molar-refractivity contribution >= 4 is 62.3 Å². The summed E-state index contributed by atoms with van der Waals surface area (Å²) in [7, 11) is 0. The van der Waals surface area contributed by atoms with E-state index in [4.69, 9.17) is 34.8 Å². The SMILES string of the molecule is O=C(Nc1c(Cl)cc(F)cc1Br)c1ccc(Cl)c(Cl)c1. The Labute approximate surface area is 138 Å². The predicted molar refractivity (Wildman–Crippen MR) is 83.5 cm³/mol. The van der Waals surface area contributed by atoms with Gasteiger partial charge in [-0.15, -0.1) is 0 Å². The van der Waals surface area contributed by atoms with Gasteiger partial charge in [0.05, 0.1) is 20.8 Å². The molecule has 7 heteroatoms. The number of rotatable bonds is 2. The molecule has 0 aliphatic carbocycles. The third kappa shape index (κ3) is 3.44. The highest BCUT2D eigenvalue weighted by molar-refractivity contribution is 9.10. The first-order valence-electron chi connectivity index (χ1n) is 5.29. The van der Waals surface area contributed by atoms with Crippen LogP contribution in [0, 0.1) is 5.82 Å². The van der Waals surface area contributed by atoms with E-state index in [1.54, 1.807) is 0 Å². The van der Waals surface area contributed by atoms with E-state index in [-0.39, 0.29) is 15.7 Å². The minimum atomic E-state index is -0.505. The fraction of sp³-hybridized carbons (Fsp3) is 0. The largest absolute Gasteiger partial charge is 0.320 e. The van der Waals surface area contributed by atoms with Gasteiger partial charge in [-0.1, -0.05) is 34.8 Å². The Balaban J connectivity index is 2.30. The summed E-state index contributed by atoms with van der Waals surface area (Å²) in [5.74, 6) is -0.938. The van der Waals surface area contributed by atoms with Crippen LogP contribution in [0.15, 0.2) is 34.8 Å². The van der Waals surface area contributed by atoms with Crippen LogP contribution in [0.25, 0.3) is 0 Å². The lowest BCUT2D eigenvalue weighted by Gasteiger charge is -2.10. The molecule has 20 heavy (non-hydrogen) atoms. The summed E-state index contributed by atoms with van der Waals surface area (Å²) >= 11 is 20.7. The maximum Gasteiger partial charge on any atom is 0.255 e. The summed E-state index contributed by atoms with van der Waals surface area (Å²) in [4.78, 5) is 12.1. The number of carbonyl (C=O) groups excluding carboxylic acids is 1. The van der Waals surface area contributed by atoms with E-state index in [9.17, 15) is 9.18 Å². The van der Waals surface area contributed by atoms with Crippen molar-refractivity contribution in [2.45, 2.75) is 0 Å². The molecule has 1 N–H and O–H groups in total. The first-order chi connectivity index (χ1) is 9.38. The number of nitrogens with one attached hydrogen (secondary N) is 1. The van der Waals surface area contributed by atoms with Crippen LogP contribution in [0.3, 0.4) is 0 Å². The first-order valence-corrected chi connectivity index (χ1v) is 7.22. The zero-order valence-corrected chi connectivity index (χ0v) is 13.5. The lowest BCUT2D eigenvalue weighted by molar-refractivity contribution is 0.102. The maximum atomic E-state index is 13.1. The number of hydrogen-bond acceptors (Lipinski definition) is 1. The predicted octanol–water partition coefficient (Wildman–Crippen LogP) is 5.80. The van der Waals surface area contributed by atoms with E-state index in [0.29, 0.717) is 15.1 Å². The van der Waals surface area contributed by atoms with Crippen molar-refractivity contribution in [3.05, 3.63) is 61.3 Å². The number of amides is 1. The van der Waals surface area contributed by atoms with Crippen LogP contribution in [-0.4, -0.2) is 5.91 Å². The topological polar surface area (TPSA) is 29.1 Å². The highest BCUT2D eigenvalue weighted by atomic mass is 79.9. The second-order valence-electron chi connectivity index (χ2n) is 3.83. The van der Waals surface area contributed by atoms with Crippen molar-refractivity contribution in [2.24, 2.45) is 0 Å². The van der Waals surface area contributed by atoms with Crippen molar-refractivity contribution in [3.8, 4) is 0 Å². The molecule has 1 amide bonds. The number of carbonyl (C=O) groups is 1. The fourth-order valence-electron chi connectivity index (χ4n) is 1.48. The highest BCUT2D eigenvalue weighted by Crippen LogP contribution is 2.32. The Kier molecular flexibility index (Phi) is 4.91. The van der Waals surface area contributed by atoms with Gasteiger partial charge in [0.15, 0.2) is 0 Å². The number of halogens is 5. The molecule has 2 nitrogen and oxygen atoms in total. The quantitative estimate of drug-likeness (QED) is 0.682. The van der Waals surface area contributed by atoms with E-state index in [2.05, 4.69) is 21.2 Å². The molecule has 0 aromatic heterocycles. The van der Waals surface area contributed by atoms with Crippen LogP contribution in [0.5, 0.6) is 0 Å². The average Bonchev–Trinajstić information content (AvgIpc) is 2.36. The fourth-order valence-corrected chi connectivity index (χ4v) is 2.68. The molecule has 0 atom stereocenters. The van der Waals surface area contributed by atoms with E-state index in [0.717, 1.165) is 6.07 Å². The van der Waals surface area contributed by atoms with Crippen LogP contribution in [0.1, 0.15) is 10.4 Å². The van der Waals surface area contributed by atoms with Gasteiger partial charge in [-0.05, 0) is 46.3 Å². The monoisotopic (exact) mass is 395 g/mol. The van der Waals surface area contributed by atoms with Gasteiger partial charge in [-0.3, -0.25) is 4.79 Å². The molecule has 2 aromatic rings. The van der Waals surface area contributed by atoms with Gasteiger partial charge in [0.1, 0.15) is 5.82 Å².